The zero-order chi connectivity index (χ0) is 25.7. The van der Waals surface area contributed by atoms with Gasteiger partial charge in [-0.1, -0.05) is 42.5 Å². The SMILES string of the molecule is COc1ccc(CN2CC(=O)N3CC(c4ccc(OC)cc4)c4c([nH]c5ccccc45)C3(C)C2=O)cc1. The van der Waals surface area contributed by atoms with Crippen molar-refractivity contribution in [2.75, 3.05) is 27.3 Å². The summed E-state index contributed by atoms with van der Waals surface area (Å²) < 4.78 is 10.6. The van der Waals surface area contributed by atoms with E-state index in [1.165, 1.54) is 0 Å². The fourth-order valence-electron chi connectivity index (χ4n) is 5.89. The van der Waals surface area contributed by atoms with Gasteiger partial charge >= 0.3 is 0 Å². The normalized spacial score (nSPS) is 21.1. The largest absolute Gasteiger partial charge is 0.497 e. The number of piperazine rings is 1. The van der Waals surface area contributed by atoms with Crippen molar-refractivity contribution in [3.8, 4) is 11.5 Å². The lowest BCUT2D eigenvalue weighted by molar-refractivity contribution is -0.166. The van der Waals surface area contributed by atoms with E-state index >= 15 is 0 Å². The van der Waals surface area contributed by atoms with E-state index in [2.05, 4.69) is 11.1 Å². The van der Waals surface area contributed by atoms with Gasteiger partial charge in [0.25, 0.3) is 5.91 Å². The van der Waals surface area contributed by atoms with Gasteiger partial charge in [0, 0.05) is 29.9 Å². The highest BCUT2D eigenvalue weighted by molar-refractivity contribution is 6.01. The number of aromatic nitrogens is 1. The molecular weight excluding hydrogens is 466 g/mol. The molecule has 7 heteroatoms. The number of para-hydroxylation sites is 1. The van der Waals surface area contributed by atoms with Crippen LogP contribution in [-0.4, -0.2) is 53.9 Å². The second-order valence-electron chi connectivity index (χ2n) is 9.87. The number of hydrogen-bond donors (Lipinski definition) is 1. The third kappa shape index (κ3) is 3.56. The predicted molar refractivity (Wildman–Crippen MR) is 141 cm³/mol. The molecule has 4 aromatic rings. The lowest BCUT2D eigenvalue weighted by Crippen LogP contribution is -2.67. The molecule has 2 aliphatic heterocycles. The van der Waals surface area contributed by atoms with Gasteiger partial charge in [-0.3, -0.25) is 9.59 Å². The number of carbonyl (C=O) groups is 2. The number of ether oxygens (including phenoxy) is 2. The van der Waals surface area contributed by atoms with Crippen molar-refractivity contribution in [1.82, 2.24) is 14.8 Å². The number of aromatic amines is 1. The van der Waals surface area contributed by atoms with E-state index in [0.29, 0.717) is 13.1 Å². The summed E-state index contributed by atoms with van der Waals surface area (Å²) >= 11 is 0. The Morgan fingerprint density at radius 2 is 1.57 bits per heavy atom. The summed E-state index contributed by atoms with van der Waals surface area (Å²) in [7, 11) is 3.27. The van der Waals surface area contributed by atoms with Gasteiger partial charge < -0.3 is 24.3 Å². The fourth-order valence-corrected chi connectivity index (χ4v) is 5.89. The maximum atomic E-state index is 14.2. The number of nitrogens with one attached hydrogen (secondary N) is 1. The van der Waals surface area contributed by atoms with Gasteiger partial charge in [0.05, 0.1) is 19.9 Å². The molecule has 6 rings (SSSR count). The number of carbonyl (C=O) groups excluding carboxylic acids is 2. The van der Waals surface area contributed by atoms with Crippen molar-refractivity contribution in [3.63, 3.8) is 0 Å². The van der Waals surface area contributed by atoms with Crippen LogP contribution in [0.2, 0.25) is 0 Å². The molecule has 0 saturated carbocycles. The molecule has 2 aliphatic rings. The number of benzene rings is 3. The molecule has 0 radical (unpaired) electrons. The van der Waals surface area contributed by atoms with Crippen LogP contribution < -0.4 is 9.47 Å². The van der Waals surface area contributed by atoms with E-state index in [-0.39, 0.29) is 24.3 Å². The third-order valence-corrected chi connectivity index (χ3v) is 7.87. The van der Waals surface area contributed by atoms with Crippen LogP contribution in [0.5, 0.6) is 11.5 Å². The first-order valence-corrected chi connectivity index (χ1v) is 12.4. The van der Waals surface area contributed by atoms with Gasteiger partial charge in [-0.15, -0.1) is 0 Å². The number of methoxy groups -OCH3 is 2. The minimum atomic E-state index is -1.13. The van der Waals surface area contributed by atoms with Crippen LogP contribution in [0, 0.1) is 0 Å². The van der Waals surface area contributed by atoms with Crippen molar-refractivity contribution in [2.24, 2.45) is 0 Å². The highest BCUT2D eigenvalue weighted by Crippen LogP contribution is 2.48. The zero-order valence-electron chi connectivity index (χ0n) is 21.2. The summed E-state index contributed by atoms with van der Waals surface area (Å²) in [6.45, 7) is 2.71. The summed E-state index contributed by atoms with van der Waals surface area (Å²) in [5.74, 6) is 1.32. The van der Waals surface area contributed by atoms with Crippen molar-refractivity contribution >= 4 is 22.7 Å². The summed E-state index contributed by atoms with van der Waals surface area (Å²) in [5, 5.41) is 1.08. The Morgan fingerprint density at radius 3 is 2.24 bits per heavy atom. The summed E-state index contributed by atoms with van der Waals surface area (Å²) in [5.41, 5.74) is 3.73. The van der Waals surface area contributed by atoms with E-state index in [0.717, 1.165) is 44.8 Å². The van der Waals surface area contributed by atoms with Crippen LogP contribution in [0.3, 0.4) is 0 Å². The van der Waals surface area contributed by atoms with Gasteiger partial charge in [-0.05, 0) is 53.9 Å². The lowest BCUT2D eigenvalue weighted by atomic mass is 9.76. The first-order chi connectivity index (χ1) is 17.9. The van der Waals surface area contributed by atoms with Crippen LogP contribution in [0.4, 0.5) is 0 Å². The van der Waals surface area contributed by atoms with Crippen molar-refractivity contribution in [2.45, 2.75) is 24.9 Å². The molecule has 1 aromatic heterocycles. The molecule has 3 aromatic carbocycles. The second-order valence-corrected chi connectivity index (χ2v) is 9.87. The Kier molecular flexibility index (Phi) is 5.44. The molecule has 0 bridgehead atoms. The van der Waals surface area contributed by atoms with Crippen molar-refractivity contribution < 1.29 is 19.1 Å². The number of amides is 2. The average molecular weight is 496 g/mol. The van der Waals surface area contributed by atoms with Crippen LogP contribution in [0.15, 0.2) is 72.8 Å². The van der Waals surface area contributed by atoms with E-state index in [1.807, 2.05) is 73.7 Å². The Hall–Kier alpha value is -4.26. The van der Waals surface area contributed by atoms with E-state index < -0.39 is 5.54 Å². The van der Waals surface area contributed by atoms with Crippen molar-refractivity contribution in [1.29, 1.82) is 0 Å². The first kappa shape index (κ1) is 23.2. The van der Waals surface area contributed by atoms with Crippen LogP contribution in [0.1, 0.15) is 35.2 Å². The smallest absolute Gasteiger partial charge is 0.255 e. The molecule has 2 amide bonds. The van der Waals surface area contributed by atoms with Gasteiger partial charge in [0.1, 0.15) is 18.0 Å². The number of nitrogens with zero attached hydrogens (tertiary/aromatic N) is 2. The topological polar surface area (TPSA) is 74.9 Å². The Bertz CT molecular complexity index is 1490. The predicted octanol–water partition coefficient (Wildman–Crippen LogP) is 4.42. The summed E-state index contributed by atoms with van der Waals surface area (Å²) in [6, 6.07) is 23.7. The minimum Gasteiger partial charge on any atom is -0.497 e. The van der Waals surface area contributed by atoms with Gasteiger partial charge in [0.2, 0.25) is 5.91 Å². The second kappa shape index (κ2) is 8.69. The van der Waals surface area contributed by atoms with E-state index in [9.17, 15) is 9.59 Å². The van der Waals surface area contributed by atoms with Gasteiger partial charge in [-0.25, -0.2) is 0 Å². The average Bonchev–Trinajstić information content (AvgIpc) is 3.33. The Morgan fingerprint density at radius 1 is 0.919 bits per heavy atom. The molecule has 7 nitrogen and oxygen atoms in total. The van der Waals surface area contributed by atoms with E-state index in [4.69, 9.17) is 9.47 Å². The maximum absolute atomic E-state index is 14.2. The molecule has 1 N–H and O–H groups in total. The van der Waals surface area contributed by atoms with E-state index in [1.54, 1.807) is 24.0 Å². The van der Waals surface area contributed by atoms with Gasteiger partial charge in [0.15, 0.2) is 5.54 Å². The number of fused-ring (bicyclic) bond motifs is 5. The number of hydrogen-bond acceptors (Lipinski definition) is 4. The number of H-pyrrole nitrogens is 1. The molecule has 1 saturated heterocycles. The quantitative estimate of drug-likeness (QED) is 0.445. The molecule has 188 valence electrons. The summed E-state index contributed by atoms with van der Waals surface area (Å²) in [6.07, 6.45) is 0. The van der Waals surface area contributed by atoms with Gasteiger partial charge in [-0.2, -0.15) is 0 Å². The minimum absolute atomic E-state index is 0.0470. The highest BCUT2D eigenvalue weighted by Gasteiger charge is 2.56. The molecule has 3 heterocycles. The third-order valence-electron chi connectivity index (χ3n) is 7.87. The molecule has 0 spiro atoms. The molecule has 1 fully saturated rings. The summed E-state index contributed by atoms with van der Waals surface area (Å²) in [4.78, 5) is 34.8. The fraction of sp³-hybridized carbons (Fsp3) is 0.267. The Labute approximate surface area is 215 Å². The molecule has 0 aliphatic carbocycles. The molecular formula is C30H29N3O4. The van der Waals surface area contributed by atoms with Crippen molar-refractivity contribution in [3.05, 3.63) is 95.2 Å². The van der Waals surface area contributed by atoms with Crippen LogP contribution in [0.25, 0.3) is 10.9 Å². The first-order valence-electron chi connectivity index (χ1n) is 12.4. The Balaban J connectivity index is 1.45. The van der Waals surface area contributed by atoms with Crippen LogP contribution in [-0.2, 0) is 21.7 Å². The molecule has 2 unspecified atom stereocenters. The number of rotatable bonds is 5. The standard InChI is InChI=1S/C30H29N3O4/c1-30-28-27(23-6-4-5-7-25(23)31-28)24(20-10-14-22(37-3)15-11-20)17-33(30)26(34)18-32(29(30)35)16-19-8-12-21(36-2)13-9-19/h4-15,24,31H,16-18H2,1-3H3. The zero-order valence-corrected chi connectivity index (χ0v) is 21.2. The maximum Gasteiger partial charge on any atom is 0.255 e. The van der Waals surface area contributed by atoms with Crippen LogP contribution >= 0.6 is 0 Å². The lowest BCUT2D eigenvalue weighted by Gasteiger charge is -2.51. The molecule has 37 heavy (non-hydrogen) atoms. The monoisotopic (exact) mass is 495 g/mol. The highest BCUT2D eigenvalue weighted by atomic mass is 16.5. The molecule has 2 atom stereocenters.